The monoisotopic (exact) mass is 322 g/mol. The number of hydrogen-bond donors (Lipinski definition) is 2. The molecule has 1 atom stereocenters. The van der Waals surface area contributed by atoms with Crippen LogP contribution in [0.25, 0.3) is 0 Å². The molecule has 0 bridgehead atoms. The second-order valence-corrected chi connectivity index (χ2v) is 8.02. The summed E-state index contributed by atoms with van der Waals surface area (Å²) in [7, 11) is 0. The van der Waals surface area contributed by atoms with Gasteiger partial charge in [0, 0.05) is 32.1 Å². The van der Waals surface area contributed by atoms with E-state index in [2.05, 4.69) is 26.1 Å². The number of nitrogens with zero attached hydrogens (tertiary/aromatic N) is 1. The molecule has 0 spiro atoms. The minimum Gasteiger partial charge on any atom is -0.466 e. The van der Waals surface area contributed by atoms with Crippen molar-refractivity contribution in [3.05, 3.63) is 24.2 Å². The van der Waals surface area contributed by atoms with E-state index < -0.39 is 5.60 Å². The maximum atomic E-state index is 12.2. The third kappa shape index (κ3) is 5.36. The van der Waals surface area contributed by atoms with Gasteiger partial charge in [-0.15, -0.1) is 0 Å². The first kappa shape index (κ1) is 18.0. The number of likely N-dealkylation sites (tertiary alicyclic amines) is 1. The van der Waals surface area contributed by atoms with Crippen molar-refractivity contribution in [2.45, 2.75) is 58.6 Å². The van der Waals surface area contributed by atoms with Crippen LogP contribution in [0.2, 0.25) is 0 Å². The van der Waals surface area contributed by atoms with Crippen molar-refractivity contribution in [1.29, 1.82) is 0 Å². The van der Waals surface area contributed by atoms with Crippen molar-refractivity contribution < 1.29 is 14.3 Å². The SMILES string of the molecule is CC(C)(C)CC(=O)N1CCC(NCC(C)(O)c2ccco2)CC1. The summed E-state index contributed by atoms with van der Waals surface area (Å²) in [5, 5.41) is 13.9. The van der Waals surface area contributed by atoms with Gasteiger partial charge in [-0.1, -0.05) is 20.8 Å². The summed E-state index contributed by atoms with van der Waals surface area (Å²) in [6, 6.07) is 3.90. The largest absolute Gasteiger partial charge is 0.466 e. The maximum absolute atomic E-state index is 12.2. The van der Waals surface area contributed by atoms with Crippen molar-refractivity contribution in [1.82, 2.24) is 10.2 Å². The molecule has 1 aromatic rings. The molecule has 1 aliphatic rings. The Hall–Kier alpha value is -1.33. The Labute approximate surface area is 139 Å². The molecule has 5 nitrogen and oxygen atoms in total. The number of hydrogen-bond acceptors (Lipinski definition) is 4. The molecule has 130 valence electrons. The minimum absolute atomic E-state index is 0.0356. The topological polar surface area (TPSA) is 65.7 Å². The average molecular weight is 322 g/mol. The smallest absolute Gasteiger partial charge is 0.223 e. The fourth-order valence-electron chi connectivity index (χ4n) is 2.91. The van der Waals surface area contributed by atoms with E-state index in [9.17, 15) is 9.90 Å². The van der Waals surface area contributed by atoms with Gasteiger partial charge in [0.05, 0.1) is 6.26 Å². The molecule has 1 fully saturated rings. The molecular weight excluding hydrogens is 292 g/mol. The molecule has 23 heavy (non-hydrogen) atoms. The lowest BCUT2D eigenvalue weighted by Crippen LogP contribution is -2.48. The van der Waals surface area contributed by atoms with Crippen LogP contribution in [-0.2, 0) is 10.4 Å². The molecular formula is C18H30N2O3. The number of piperidine rings is 1. The van der Waals surface area contributed by atoms with E-state index in [1.807, 2.05) is 4.90 Å². The first-order valence-corrected chi connectivity index (χ1v) is 8.45. The summed E-state index contributed by atoms with van der Waals surface area (Å²) < 4.78 is 5.29. The Kier molecular flexibility index (Phi) is 5.53. The average Bonchev–Trinajstić information content (AvgIpc) is 2.99. The molecule has 0 saturated carbocycles. The summed E-state index contributed by atoms with van der Waals surface area (Å²) in [6.45, 7) is 10.1. The normalized spacial score (nSPS) is 19.6. The van der Waals surface area contributed by atoms with E-state index in [-0.39, 0.29) is 11.3 Å². The zero-order valence-corrected chi connectivity index (χ0v) is 14.8. The second-order valence-electron chi connectivity index (χ2n) is 8.02. The maximum Gasteiger partial charge on any atom is 0.223 e. The lowest BCUT2D eigenvalue weighted by molar-refractivity contribution is -0.134. The number of amides is 1. The lowest BCUT2D eigenvalue weighted by Gasteiger charge is -2.35. The van der Waals surface area contributed by atoms with Crippen LogP contribution >= 0.6 is 0 Å². The highest BCUT2D eigenvalue weighted by atomic mass is 16.4. The van der Waals surface area contributed by atoms with Gasteiger partial charge in [-0.25, -0.2) is 0 Å². The zero-order valence-electron chi connectivity index (χ0n) is 14.8. The minimum atomic E-state index is -1.01. The van der Waals surface area contributed by atoms with Crippen LogP contribution in [0.3, 0.4) is 0 Å². The summed E-state index contributed by atoms with van der Waals surface area (Å²) in [5.74, 6) is 0.821. The fraction of sp³-hybridized carbons (Fsp3) is 0.722. The standard InChI is InChI=1S/C18H30N2O3/c1-17(2,3)12-16(21)20-9-7-14(8-10-20)19-13-18(4,22)15-6-5-11-23-15/h5-6,11,14,19,22H,7-10,12-13H2,1-4H3. The van der Waals surface area contributed by atoms with Crippen LogP contribution in [0, 0.1) is 5.41 Å². The lowest BCUT2D eigenvalue weighted by atomic mass is 9.91. The quantitative estimate of drug-likeness (QED) is 0.874. The number of carbonyl (C=O) groups excluding carboxylic acids is 1. The fourth-order valence-corrected chi connectivity index (χ4v) is 2.91. The second kappa shape index (κ2) is 7.05. The van der Waals surface area contributed by atoms with Gasteiger partial charge < -0.3 is 19.7 Å². The summed E-state index contributed by atoms with van der Waals surface area (Å²) in [6.07, 6.45) is 4.01. The first-order valence-electron chi connectivity index (χ1n) is 8.45. The van der Waals surface area contributed by atoms with Gasteiger partial charge in [0.15, 0.2) is 0 Å². The highest BCUT2D eigenvalue weighted by Gasteiger charge is 2.29. The number of aliphatic hydroxyl groups is 1. The Morgan fingerprint density at radius 3 is 2.52 bits per heavy atom. The molecule has 1 aliphatic heterocycles. The Morgan fingerprint density at radius 1 is 1.35 bits per heavy atom. The Balaban J connectivity index is 1.76. The highest BCUT2D eigenvalue weighted by Crippen LogP contribution is 2.23. The molecule has 1 unspecified atom stereocenters. The molecule has 2 rings (SSSR count). The van der Waals surface area contributed by atoms with E-state index in [1.165, 1.54) is 0 Å². The molecule has 1 aromatic heterocycles. The van der Waals surface area contributed by atoms with Gasteiger partial charge >= 0.3 is 0 Å². The van der Waals surface area contributed by atoms with E-state index >= 15 is 0 Å². The summed E-state index contributed by atoms with van der Waals surface area (Å²) in [5.41, 5.74) is -0.976. The van der Waals surface area contributed by atoms with Crippen LogP contribution in [0.4, 0.5) is 0 Å². The molecule has 0 radical (unpaired) electrons. The Bertz CT molecular complexity index is 495. The van der Waals surface area contributed by atoms with Crippen LogP contribution < -0.4 is 5.32 Å². The van der Waals surface area contributed by atoms with E-state index in [4.69, 9.17) is 4.42 Å². The highest BCUT2D eigenvalue weighted by molar-refractivity contribution is 5.76. The number of carbonyl (C=O) groups is 1. The van der Waals surface area contributed by atoms with Crippen molar-refractivity contribution in [2.24, 2.45) is 5.41 Å². The van der Waals surface area contributed by atoms with Gasteiger partial charge in [0.2, 0.25) is 5.91 Å². The molecule has 2 heterocycles. The van der Waals surface area contributed by atoms with Gasteiger partial charge in [0.25, 0.3) is 0 Å². The number of rotatable bonds is 5. The third-order valence-corrected chi connectivity index (χ3v) is 4.32. The van der Waals surface area contributed by atoms with E-state index in [0.29, 0.717) is 24.8 Å². The van der Waals surface area contributed by atoms with Crippen LogP contribution in [0.1, 0.15) is 52.7 Å². The Morgan fingerprint density at radius 2 is 2.00 bits per heavy atom. The predicted molar refractivity (Wildman–Crippen MR) is 90.0 cm³/mol. The van der Waals surface area contributed by atoms with Crippen molar-refractivity contribution >= 4 is 5.91 Å². The number of furan rings is 1. The van der Waals surface area contributed by atoms with Crippen molar-refractivity contribution in [3.63, 3.8) is 0 Å². The van der Waals surface area contributed by atoms with Gasteiger partial charge in [-0.2, -0.15) is 0 Å². The summed E-state index contributed by atoms with van der Waals surface area (Å²) >= 11 is 0. The van der Waals surface area contributed by atoms with Crippen LogP contribution in [-0.4, -0.2) is 41.6 Å². The third-order valence-electron chi connectivity index (χ3n) is 4.32. The van der Waals surface area contributed by atoms with Gasteiger partial charge in [-0.3, -0.25) is 4.79 Å². The van der Waals surface area contributed by atoms with Crippen molar-refractivity contribution in [2.75, 3.05) is 19.6 Å². The molecule has 5 heteroatoms. The first-order chi connectivity index (χ1) is 10.7. The molecule has 0 aromatic carbocycles. The van der Waals surface area contributed by atoms with Gasteiger partial charge in [0.1, 0.15) is 11.4 Å². The van der Waals surface area contributed by atoms with Gasteiger partial charge in [-0.05, 0) is 37.3 Å². The molecule has 1 amide bonds. The van der Waals surface area contributed by atoms with E-state index in [1.54, 1.807) is 25.3 Å². The van der Waals surface area contributed by atoms with Crippen LogP contribution in [0.5, 0.6) is 0 Å². The predicted octanol–water partition coefficient (Wildman–Crippen LogP) is 2.50. The molecule has 1 saturated heterocycles. The van der Waals surface area contributed by atoms with E-state index in [0.717, 1.165) is 25.9 Å². The molecule has 0 aliphatic carbocycles. The summed E-state index contributed by atoms with van der Waals surface area (Å²) in [4.78, 5) is 14.2. The van der Waals surface area contributed by atoms with Crippen molar-refractivity contribution in [3.8, 4) is 0 Å². The van der Waals surface area contributed by atoms with Crippen LogP contribution in [0.15, 0.2) is 22.8 Å². The number of nitrogens with one attached hydrogen (secondary N) is 1. The zero-order chi connectivity index (χ0) is 17.1. The molecule has 2 N–H and O–H groups in total.